The highest BCUT2D eigenvalue weighted by molar-refractivity contribution is 6.42. The quantitative estimate of drug-likeness (QED) is 0.520. The Hall–Kier alpha value is -3.09. The van der Waals surface area contributed by atoms with Crippen LogP contribution in [0.1, 0.15) is 23.2 Å². The van der Waals surface area contributed by atoms with Crippen LogP contribution in [0.4, 0.5) is 11.4 Å². The van der Waals surface area contributed by atoms with Crippen LogP contribution < -0.4 is 10.6 Å². The molecule has 0 aliphatic heterocycles. The summed E-state index contributed by atoms with van der Waals surface area (Å²) in [4.78, 5) is 39.4. The van der Waals surface area contributed by atoms with Crippen molar-refractivity contribution in [3.63, 3.8) is 0 Å². The van der Waals surface area contributed by atoms with Crippen LogP contribution in [-0.2, 0) is 9.59 Å². The fourth-order valence-corrected chi connectivity index (χ4v) is 3.67. The summed E-state index contributed by atoms with van der Waals surface area (Å²) in [5, 5.41) is 8.08. The van der Waals surface area contributed by atoms with E-state index in [1.807, 2.05) is 24.3 Å². The third kappa shape index (κ3) is 5.03. The Kier molecular flexibility index (Phi) is 6.35. The van der Waals surface area contributed by atoms with E-state index < -0.39 is 0 Å². The van der Waals surface area contributed by atoms with E-state index in [0.29, 0.717) is 27.0 Å². The number of hydrogen-bond donors (Lipinski definition) is 2. The number of carbonyl (C=O) groups is 3. The van der Waals surface area contributed by atoms with Gasteiger partial charge in [0.1, 0.15) is 0 Å². The van der Waals surface area contributed by atoms with Crippen LogP contribution in [0.15, 0.2) is 54.6 Å². The van der Waals surface area contributed by atoms with E-state index in [1.54, 1.807) is 37.4 Å². The minimum absolute atomic E-state index is 0.000806. The number of amides is 3. The molecule has 8 heteroatoms. The fourth-order valence-electron chi connectivity index (χ4n) is 3.37. The zero-order valence-corrected chi connectivity index (χ0v) is 18.8. The van der Waals surface area contributed by atoms with Gasteiger partial charge in [-0.1, -0.05) is 47.5 Å². The Morgan fingerprint density at radius 3 is 2.28 bits per heavy atom. The lowest BCUT2D eigenvalue weighted by Gasteiger charge is -2.20. The third-order valence-corrected chi connectivity index (χ3v) is 5.99. The summed E-state index contributed by atoms with van der Waals surface area (Å²) >= 11 is 11.9. The monoisotopic (exact) mass is 469 g/mol. The second-order valence-corrected chi connectivity index (χ2v) is 8.66. The molecule has 0 atom stereocenters. The van der Waals surface area contributed by atoms with Crippen molar-refractivity contribution in [1.82, 2.24) is 4.90 Å². The molecule has 0 radical (unpaired) electrons. The lowest BCUT2D eigenvalue weighted by atomic mass is 10.0. The number of likely N-dealkylation sites (N-methyl/N-ethyl adjacent to an activating group) is 1. The number of carbonyl (C=O) groups excluding carboxylic acids is 3. The van der Waals surface area contributed by atoms with Crippen molar-refractivity contribution < 1.29 is 14.4 Å². The van der Waals surface area contributed by atoms with Crippen molar-refractivity contribution in [1.29, 1.82) is 0 Å². The lowest BCUT2D eigenvalue weighted by molar-refractivity contribution is -0.117. The average Bonchev–Trinajstić information content (AvgIpc) is 3.61. The number of anilines is 2. The first kappa shape index (κ1) is 22.1. The molecule has 4 rings (SSSR count). The zero-order chi connectivity index (χ0) is 22.8. The molecule has 0 bridgehead atoms. The van der Waals surface area contributed by atoms with Crippen molar-refractivity contribution in [2.75, 3.05) is 24.2 Å². The van der Waals surface area contributed by atoms with Gasteiger partial charge in [0.05, 0.1) is 27.8 Å². The van der Waals surface area contributed by atoms with Crippen LogP contribution in [0, 0.1) is 5.92 Å². The molecule has 164 valence electrons. The van der Waals surface area contributed by atoms with Crippen molar-refractivity contribution >= 4 is 63.1 Å². The van der Waals surface area contributed by atoms with Gasteiger partial charge in [0, 0.05) is 18.7 Å². The van der Waals surface area contributed by atoms with Gasteiger partial charge < -0.3 is 15.5 Å². The molecule has 3 amide bonds. The van der Waals surface area contributed by atoms with Crippen LogP contribution >= 0.6 is 23.2 Å². The van der Waals surface area contributed by atoms with E-state index in [4.69, 9.17) is 23.2 Å². The molecule has 0 spiro atoms. The van der Waals surface area contributed by atoms with Crippen LogP contribution in [0.5, 0.6) is 0 Å². The van der Waals surface area contributed by atoms with E-state index in [1.165, 1.54) is 4.90 Å². The topological polar surface area (TPSA) is 78.5 Å². The molecular weight excluding hydrogens is 449 g/mol. The maximum atomic E-state index is 13.2. The van der Waals surface area contributed by atoms with Gasteiger partial charge in [-0.25, -0.2) is 0 Å². The van der Waals surface area contributed by atoms with Gasteiger partial charge in [-0.15, -0.1) is 0 Å². The summed E-state index contributed by atoms with van der Waals surface area (Å²) in [6.45, 7) is -0.179. The Bertz CT molecular complexity index is 1220. The predicted molar refractivity (Wildman–Crippen MR) is 127 cm³/mol. The molecule has 0 saturated heterocycles. The van der Waals surface area contributed by atoms with Crippen LogP contribution in [-0.4, -0.2) is 36.2 Å². The van der Waals surface area contributed by atoms with Crippen molar-refractivity contribution in [3.05, 3.63) is 70.2 Å². The predicted octanol–water partition coefficient (Wildman–Crippen LogP) is 5.21. The molecule has 0 unspecified atom stereocenters. The molecular formula is C24H21Cl2N3O3. The van der Waals surface area contributed by atoms with Gasteiger partial charge >= 0.3 is 0 Å². The molecule has 1 aliphatic rings. The average molecular weight is 470 g/mol. The van der Waals surface area contributed by atoms with E-state index in [9.17, 15) is 14.4 Å². The zero-order valence-electron chi connectivity index (χ0n) is 17.3. The highest BCUT2D eigenvalue weighted by atomic mass is 35.5. The van der Waals surface area contributed by atoms with Gasteiger partial charge in [0.2, 0.25) is 11.8 Å². The van der Waals surface area contributed by atoms with Crippen LogP contribution in [0.2, 0.25) is 10.0 Å². The maximum absolute atomic E-state index is 13.2. The smallest absolute Gasteiger partial charge is 0.256 e. The number of nitrogens with one attached hydrogen (secondary N) is 2. The molecule has 0 heterocycles. The number of benzene rings is 3. The largest absolute Gasteiger partial charge is 0.332 e. The molecule has 1 fully saturated rings. The second kappa shape index (κ2) is 9.18. The summed E-state index contributed by atoms with van der Waals surface area (Å²) in [5.41, 5.74) is 1.26. The summed E-state index contributed by atoms with van der Waals surface area (Å²) < 4.78 is 0. The first-order chi connectivity index (χ1) is 15.3. The van der Waals surface area contributed by atoms with Crippen LogP contribution in [0.25, 0.3) is 10.8 Å². The minimum atomic E-state index is -0.386. The Morgan fingerprint density at radius 2 is 1.62 bits per heavy atom. The number of nitrogens with zero attached hydrogens (tertiary/aromatic N) is 1. The maximum Gasteiger partial charge on any atom is 0.256 e. The molecule has 0 aromatic heterocycles. The molecule has 2 N–H and O–H groups in total. The molecule has 3 aromatic rings. The summed E-state index contributed by atoms with van der Waals surface area (Å²) in [5.74, 6) is -0.844. The Labute approximate surface area is 195 Å². The van der Waals surface area contributed by atoms with Gasteiger partial charge in [-0.3, -0.25) is 14.4 Å². The molecule has 32 heavy (non-hydrogen) atoms. The first-order valence-electron chi connectivity index (χ1n) is 10.2. The van der Waals surface area contributed by atoms with Crippen molar-refractivity contribution in [3.8, 4) is 0 Å². The highest BCUT2D eigenvalue weighted by Gasteiger charge is 2.30. The van der Waals surface area contributed by atoms with Gasteiger partial charge in [0.15, 0.2) is 0 Å². The highest BCUT2D eigenvalue weighted by Crippen LogP contribution is 2.32. The molecule has 1 saturated carbocycles. The summed E-state index contributed by atoms with van der Waals surface area (Å²) in [6, 6.07) is 15.9. The van der Waals surface area contributed by atoms with E-state index in [2.05, 4.69) is 10.6 Å². The SMILES string of the molecule is CN(CC(=O)Nc1ccc(Cl)c(Cl)c1)C(=O)c1cc2ccccc2cc1NC(=O)C1CC1. The lowest BCUT2D eigenvalue weighted by Crippen LogP contribution is -2.35. The number of rotatable bonds is 6. The fraction of sp³-hybridized carbons (Fsp3) is 0.208. The van der Waals surface area contributed by atoms with Crippen molar-refractivity contribution in [2.45, 2.75) is 12.8 Å². The molecule has 1 aliphatic carbocycles. The number of hydrogen-bond acceptors (Lipinski definition) is 3. The molecule has 6 nitrogen and oxygen atoms in total. The van der Waals surface area contributed by atoms with Crippen LogP contribution in [0.3, 0.4) is 0 Å². The second-order valence-electron chi connectivity index (χ2n) is 7.85. The summed E-state index contributed by atoms with van der Waals surface area (Å²) in [7, 11) is 1.54. The number of halogens is 2. The standard InChI is InChI=1S/C24H21Cl2N3O3/c1-29(13-22(30)27-17-8-9-19(25)20(26)12-17)24(32)18-10-15-4-2-3-5-16(15)11-21(18)28-23(31)14-6-7-14/h2-5,8-12,14H,6-7,13H2,1H3,(H,27,30)(H,28,31). The Balaban J connectivity index is 1.53. The van der Waals surface area contributed by atoms with E-state index in [-0.39, 0.29) is 30.2 Å². The number of fused-ring (bicyclic) bond motifs is 1. The van der Waals surface area contributed by atoms with Crippen molar-refractivity contribution in [2.24, 2.45) is 5.92 Å². The first-order valence-corrected chi connectivity index (χ1v) is 10.9. The van der Waals surface area contributed by atoms with Gasteiger partial charge in [0.25, 0.3) is 5.91 Å². The van der Waals surface area contributed by atoms with E-state index in [0.717, 1.165) is 23.6 Å². The minimum Gasteiger partial charge on any atom is -0.332 e. The summed E-state index contributed by atoms with van der Waals surface area (Å²) in [6.07, 6.45) is 1.72. The molecule has 3 aromatic carbocycles. The normalized spacial score (nSPS) is 13.0. The Morgan fingerprint density at radius 1 is 0.938 bits per heavy atom. The van der Waals surface area contributed by atoms with E-state index >= 15 is 0 Å². The third-order valence-electron chi connectivity index (χ3n) is 5.25. The van der Waals surface area contributed by atoms with Gasteiger partial charge in [-0.2, -0.15) is 0 Å². The van der Waals surface area contributed by atoms with Gasteiger partial charge in [-0.05, 0) is 53.9 Å².